The molecule has 0 atom stereocenters. The van der Waals surface area contributed by atoms with Crippen molar-refractivity contribution in [2.24, 2.45) is 5.10 Å². The fourth-order valence-corrected chi connectivity index (χ4v) is 6.15. The summed E-state index contributed by atoms with van der Waals surface area (Å²) in [5.74, 6) is -0.574. The number of amides is 1. The number of hydrogen-bond acceptors (Lipinski definition) is 4. The first kappa shape index (κ1) is 29.1. The summed E-state index contributed by atoms with van der Waals surface area (Å²) in [7, 11) is -4.06. The summed E-state index contributed by atoms with van der Waals surface area (Å²) in [6.07, 6.45) is 1.58. The second kappa shape index (κ2) is 11.7. The first-order chi connectivity index (χ1) is 18.9. The molecule has 0 saturated heterocycles. The lowest BCUT2D eigenvalue weighted by Gasteiger charge is -2.24. The van der Waals surface area contributed by atoms with Crippen LogP contribution in [-0.2, 0) is 14.8 Å². The van der Waals surface area contributed by atoms with Gasteiger partial charge in [0, 0.05) is 27.7 Å². The molecule has 4 rings (SSSR count). The largest absolute Gasteiger partial charge is 0.318 e. The normalized spacial score (nSPS) is 11.7. The van der Waals surface area contributed by atoms with Gasteiger partial charge in [0.1, 0.15) is 6.54 Å². The monoisotopic (exact) mass is 576 g/mol. The maximum Gasteiger partial charge on any atom is 0.264 e. The zero-order valence-electron chi connectivity index (χ0n) is 23.5. The molecule has 0 unspecified atom stereocenters. The number of hydrogen-bond donors (Lipinski definition) is 1. The molecule has 4 aromatic rings. The summed E-state index contributed by atoms with van der Waals surface area (Å²) in [4.78, 5) is 13.0. The van der Waals surface area contributed by atoms with Crippen molar-refractivity contribution in [1.82, 2.24) is 9.99 Å². The van der Waals surface area contributed by atoms with Crippen LogP contribution < -0.4 is 9.73 Å². The highest BCUT2D eigenvalue weighted by molar-refractivity contribution is 7.92. The minimum atomic E-state index is -4.06. The molecule has 0 saturated carbocycles. The number of aryl methyl sites for hydroxylation is 5. The summed E-state index contributed by atoms with van der Waals surface area (Å²) in [5, 5.41) is 4.57. The van der Waals surface area contributed by atoms with Crippen LogP contribution in [0.15, 0.2) is 76.7 Å². The molecule has 0 aliphatic carbocycles. The summed E-state index contributed by atoms with van der Waals surface area (Å²) in [6, 6.07) is 19.4. The minimum Gasteiger partial charge on any atom is -0.318 e. The van der Waals surface area contributed by atoms with E-state index in [4.69, 9.17) is 11.6 Å². The Labute approximate surface area is 241 Å². The van der Waals surface area contributed by atoms with E-state index >= 15 is 0 Å². The van der Waals surface area contributed by atoms with Crippen LogP contribution in [0.3, 0.4) is 0 Å². The second-order valence-corrected chi connectivity index (χ2v) is 12.3. The number of aromatic nitrogens is 1. The van der Waals surface area contributed by atoms with Gasteiger partial charge in [-0.3, -0.25) is 9.10 Å². The number of nitrogens with one attached hydrogen (secondary N) is 1. The molecular formula is C31H33ClN4O3S. The van der Waals surface area contributed by atoms with Crippen LogP contribution in [0.1, 0.15) is 39.2 Å². The molecule has 1 amide bonds. The van der Waals surface area contributed by atoms with Crippen LogP contribution in [0.5, 0.6) is 0 Å². The molecule has 1 N–H and O–H groups in total. The predicted molar refractivity (Wildman–Crippen MR) is 162 cm³/mol. The Balaban J connectivity index is 1.58. The molecule has 0 aliphatic heterocycles. The number of sulfonamides is 1. The molecule has 208 valence electrons. The molecule has 0 spiro atoms. The van der Waals surface area contributed by atoms with Crippen LogP contribution >= 0.6 is 11.6 Å². The van der Waals surface area contributed by atoms with E-state index in [-0.39, 0.29) is 4.90 Å². The van der Waals surface area contributed by atoms with Gasteiger partial charge in [-0.25, -0.2) is 13.8 Å². The number of carbonyl (C=O) groups is 1. The topological polar surface area (TPSA) is 83.8 Å². The summed E-state index contributed by atoms with van der Waals surface area (Å²) < 4.78 is 30.4. The molecule has 0 fully saturated rings. The van der Waals surface area contributed by atoms with Crippen molar-refractivity contribution in [3.8, 4) is 5.69 Å². The van der Waals surface area contributed by atoms with Crippen molar-refractivity contribution in [3.05, 3.63) is 111 Å². The van der Waals surface area contributed by atoms with Gasteiger partial charge >= 0.3 is 0 Å². The van der Waals surface area contributed by atoms with Gasteiger partial charge in [0.05, 0.1) is 16.8 Å². The molecule has 1 heterocycles. The Morgan fingerprint density at radius 3 is 2.25 bits per heavy atom. The predicted octanol–water partition coefficient (Wildman–Crippen LogP) is 6.33. The van der Waals surface area contributed by atoms with Gasteiger partial charge < -0.3 is 4.57 Å². The number of anilines is 1. The smallest absolute Gasteiger partial charge is 0.264 e. The highest BCUT2D eigenvalue weighted by Gasteiger charge is 2.27. The first-order valence-corrected chi connectivity index (χ1v) is 14.6. The standard InChI is InChI=1S/C31H33ClN4O3S/c1-20-7-14-30(23(4)15-20)36-24(5)17-26(25(36)6)18-33-34-31(37)19-35(28-11-8-21(2)22(3)16-28)40(38,39)29-12-9-27(32)10-13-29/h7-18H,19H2,1-6H3,(H,34,37)/b33-18-. The molecule has 40 heavy (non-hydrogen) atoms. The third kappa shape index (κ3) is 6.13. The second-order valence-electron chi connectivity index (χ2n) is 9.98. The van der Waals surface area contributed by atoms with E-state index < -0.39 is 22.5 Å². The van der Waals surface area contributed by atoms with E-state index in [0.717, 1.165) is 43.6 Å². The Hall–Kier alpha value is -3.88. The highest BCUT2D eigenvalue weighted by Crippen LogP contribution is 2.27. The number of benzene rings is 3. The Morgan fingerprint density at radius 2 is 1.60 bits per heavy atom. The van der Waals surface area contributed by atoms with E-state index in [9.17, 15) is 13.2 Å². The van der Waals surface area contributed by atoms with Crippen LogP contribution in [0.25, 0.3) is 5.69 Å². The first-order valence-electron chi connectivity index (χ1n) is 12.8. The average molecular weight is 577 g/mol. The van der Waals surface area contributed by atoms with E-state index in [0.29, 0.717) is 10.7 Å². The van der Waals surface area contributed by atoms with Crippen molar-refractivity contribution in [3.63, 3.8) is 0 Å². The third-order valence-corrected chi connectivity index (χ3v) is 8.96. The van der Waals surface area contributed by atoms with Crippen LogP contribution in [-0.4, -0.2) is 31.7 Å². The van der Waals surface area contributed by atoms with Crippen LogP contribution in [0, 0.1) is 41.5 Å². The molecule has 7 nitrogen and oxygen atoms in total. The Bertz CT molecular complexity index is 1710. The van der Waals surface area contributed by atoms with E-state index in [2.05, 4.69) is 47.1 Å². The van der Waals surface area contributed by atoms with Gasteiger partial charge in [0.25, 0.3) is 15.9 Å². The van der Waals surface area contributed by atoms with Crippen LogP contribution in [0.4, 0.5) is 5.69 Å². The zero-order chi connectivity index (χ0) is 29.2. The third-order valence-electron chi connectivity index (χ3n) is 6.92. The quantitative estimate of drug-likeness (QED) is 0.197. The highest BCUT2D eigenvalue weighted by atomic mass is 35.5. The number of hydrazone groups is 1. The maximum absolute atomic E-state index is 13.6. The maximum atomic E-state index is 13.6. The number of rotatable bonds is 8. The summed E-state index contributed by atoms with van der Waals surface area (Å²) in [6.45, 7) is 11.5. The van der Waals surface area contributed by atoms with Gasteiger partial charge in [-0.2, -0.15) is 5.10 Å². The molecule has 9 heteroatoms. The average Bonchev–Trinajstić information content (AvgIpc) is 3.17. The van der Waals surface area contributed by atoms with Gasteiger partial charge in [-0.05, 0) is 107 Å². The SMILES string of the molecule is Cc1ccc(-n2c(C)cc(/C=N\NC(=O)CN(c3ccc(C)c(C)c3)S(=O)(=O)c3ccc(Cl)cc3)c2C)c(C)c1. The van der Waals surface area contributed by atoms with Crippen molar-refractivity contribution in [2.45, 2.75) is 46.4 Å². The van der Waals surface area contributed by atoms with E-state index in [1.807, 2.05) is 39.8 Å². The lowest BCUT2D eigenvalue weighted by molar-refractivity contribution is -0.119. The van der Waals surface area contributed by atoms with Crippen molar-refractivity contribution < 1.29 is 13.2 Å². The fourth-order valence-electron chi connectivity index (χ4n) is 4.61. The number of nitrogens with zero attached hydrogens (tertiary/aromatic N) is 3. The van der Waals surface area contributed by atoms with Gasteiger partial charge in [-0.15, -0.1) is 0 Å². The molecule has 0 radical (unpaired) electrons. The van der Waals surface area contributed by atoms with Crippen LogP contribution in [0.2, 0.25) is 5.02 Å². The van der Waals surface area contributed by atoms with E-state index in [1.165, 1.54) is 29.8 Å². The van der Waals surface area contributed by atoms with Crippen molar-refractivity contribution in [1.29, 1.82) is 0 Å². The summed E-state index contributed by atoms with van der Waals surface area (Å²) in [5.41, 5.74) is 11.1. The van der Waals surface area contributed by atoms with E-state index in [1.54, 1.807) is 18.3 Å². The molecule has 0 aliphatic rings. The number of carbonyl (C=O) groups excluding carboxylic acids is 1. The van der Waals surface area contributed by atoms with Gasteiger partial charge in [0.15, 0.2) is 0 Å². The molecule has 0 bridgehead atoms. The van der Waals surface area contributed by atoms with Crippen molar-refractivity contribution >= 4 is 39.4 Å². The van der Waals surface area contributed by atoms with Gasteiger partial charge in [0.2, 0.25) is 0 Å². The minimum absolute atomic E-state index is 0.0327. The lowest BCUT2D eigenvalue weighted by Crippen LogP contribution is -2.39. The number of halogens is 1. The Morgan fingerprint density at radius 1 is 0.900 bits per heavy atom. The van der Waals surface area contributed by atoms with Crippen molar-refractivity contribution in [2.75, 3.05) is 10.8 Å². The summed E-state index contributed by atoms with van der Waals surface area (Å²) >= 11 is 5.97. The Kier molecular flexibility index (Phi) is 8.51. The molecule has 1 aromatic heterocycles. The molecule has 3 aromatic carbocycles. The fraction of sp³-hybridized carbons (Fsp3) is 0.226. The lowest BCUT2D eigenvalue weighted by atomic mass is 10.1. The molecular weight excluding hydrogens is 544 g/mol. The zero-order valence-corrected chi connectivity index (χ0v) is 25.1. The van der Waals surface area contributed by atoms with Gasteiger partial charge in [-0.1, -0.05) is 35.4 Å².